The van der Waals surface area contributed by atoms with E-state index in [1.54, 1.807) is 0 Å². The van der Waals surface area contributed by atoms with Crippen molar-refractivity contribution in [3.8, 4) is 0 Å². The fraction of sp³-hybridized carbons (Fsp3) is 0.333. The van der Waals surface area contributed by atoms with E-state index < -0.39 is 0 Å². The molecule has 1 nitrogen and oxygen atoms in total. The summed E-state index contributed by atoms with van der Waals surface area (Å²) < 4.78 is 5.41. The summed E-state index contributed by atoms with van der Waals surface area (Å²) in [5.74, 6) is 2.70. The maximum atomic E-state index is 5.41. The highest BCUT2D eigenvalue weighted by Crippen LogP contribution is 2.09. The van der Waals surface area contributed by atoms with Crippen molar-refractivity contribution >= 4 is 18.7 Å². The summed E-state index contributed by atoms with van der Waals surface area (Å²) in [6.45, 7) is 2.07. The van der Waals surface area contributed by atoms with Crippen LogP contribution in [0.4, 0.5) is 0 Å². The van der Waals surface area contributed by atoms with Gasteiger partial charge in [0.05, 0.1) is 0 Å². The minimum absolute atomic E-state index is 0.752. The van der Waals surface area contributed by atoms with Gasteiger partial charge < -0.3 is 4.42 Å². The maximum Gasteiger partial charge on any atom is 0.126 e. The fourth-order valence-corrected chi connectivity index (χ4v) is 0.948. The number of furan rings is 1. The summed E-state index contributed by atoms with van der Waals surface area (Å²) in [5, 5.41) is 0. The van der Waals surface area contributed by atoms with Crippen LogP contribution in [0, 0.1) is 0 Å². The van der Waals surface area contributed by atoms with Crippen LogP contribution in [0.25, 0.3) is 6.08 Å². The molecule has 0 saturated carbocycles. The molecular formula is C9H12OS. The van der Waals surface area contributed by atoms with Gasteiger partial charge in [-0.15, -0.1) is 0 Å². The van der Waals surface area contributed by atoms with Crippen molar-refractivity contribution in [2.45, 2.75) is 13.3 Å². The second-order valence-corrected chi connectivity index (χ2v) is 2.61. The van der Waals surface area contributed by atoms with E-state index >= 15 is 0 Å². The van der Waals surface area contributed by atoms with Gasteiger partial charge in [0.25, 0.3) is 0 Å². The Morgan fingerprint density at radius 1 is 1.55 bits per heavy atom. The lowest BCUT2D eigenvalue weighted by atomic mass is 10.3. The van der Waals surface area contributed by atoms with Gasteiger partial charge in [-0.1, -0.05) is 13.0 Å². The highest BCUT2D eigenvalue weighted by Gasteiger charge is 1.94. The first-order valence-corrected chi connectivity index (χ1v) is 4.36. The number of thiol groups is 1. The molecule has 1 aromatic heterocycles. The van der Waals surface area contributed by atoms with E-state index in [1.165, 1.54) is 0 Å². The van der Waals surface area contributed by atoms with E-state index in [-0.39, 0.29) is 0 Å². The first-order valence-electron chi connectivity index (χ1n) is 3.73. The predicted octanol–water partition coefficient (Wildman–Crippen LogP) is 2.79. The van der Waals surface area contributed by atoms with E-state index in [0.29, 0.717) is 0 Å². The Hall–Kier alpha value is -0.630. The van der Waals surface area contributed by atoms with Gasteiger partial charge in [0, 0.05) is 12.2 Å². The van der Waals surface area contributed by atoms with E-state index in [1.807, 2.05) is 24.3 Å². The van der Waals surface area contributed by atoms with Crippen LogP contribution in [0.1, 0.15) is 18.4 Å². The summed E-state index contributed by atoms with van der Waals surface area (Å²) in [6.07, 6.45) is 4.85. The minimum Gasteiger partial charge on any atom is -0.462 e. The lowest BCUT2D eigenvalue weighted by Gasteiger charge is -1.85. The molecule has 0 fully saturated rings. The van der Waals surface area contributed by atoms with Gasteiger partial charge in [0.2, 0.25) is 0 Å². The van der Waals surface area contributed by atoms with Crippen molar-refractivity contribution in [2.75, 3.05) is 5.75 Å². The lowest BCUT2D eigenvalue weighted by Crippen LogP contribution is -1.69. The standard InChI is InChI=1S/C9H12OS/c1-2-8-5-6-9(10-8)4-3-7-11/h3-6,11H,2,7H2,1H3. The molecule has 0 aromatic carbocycles. The van der Waals surface area contributed by atoms with Crippen molar-refractivity contribution < 1.29 is 4.42 Å². The molecule has 0 aliphatic rings. The molecule has 1 rings (SSSR count). The minimum atomic E-state index is 0.752. The number of aryl methyl sites for hydroxylation is 1. The van der Waals surface area contributed by atoms with Crippen molar-refractivity contribution in [3.05, 3.63) is 29.7 Å². The van der Waals surface area contributed by atoms with Crippen molar-refractivity contribution in [3.63, 3.8) is 0 Å². The number of hydrogen-bond donors (Lipinski definition) is 1. The first-order chi connectivity index (χ1) is 5.36. The molecule has 1 heterocycles. The van der Waals surface area contributed by atoms with Crippen molar-refractivity contribution in [1.29, 1.82) is 0 Å². The third-order valence-electron chi connectivity index (χ3n) is 1.42. The average molecular weight is 168 g/mol. The van der Waals surface area contributed by atoms with Gasteiger partial charge in [-0.25, -0.2) is 0 Å². The van der Waals surface area contributed by atoms with Gasteiger partial charge in [-0.3, -0.25) is 0 Å². The largest absolute Gasteiger partial charge is 0.462 e. The summed E-state index contributed by atoms with van der Waals surface area (Å²) in [6, 6.07) is 3.97. The molecule has 0 bridgehead atoms. The maximum absolute atomic E-state index is 5.41. The van der Waals surface area contributed by atoms with Crippen LogP contribution in [-0.2, 0) is 6.42 Å². The molecule has 0 saturated heterocycles. The quantitative estimate of drug-likeness (QED) is 0.685. The van der Waals surface area contributed by atoms with Crippen LogP contribution >= 0.6 is 12.6 Å². The first kappa shape index (κ1) is 8.47. The molecule has 0 unspecified atom stereocenters. The van der Waals surface area contributed by atoms with Gasteiger partial charge in [-0.05, 0) is 18.2 Å². The molecule has 2 heteroatoms. The molecule has 60 valence electrons. The smallest absolute Gasteiger partial charge is 0.126 e. The Kier molecular flexibility index (Phi) is 3.30. The molecule has 0 aliphatic carbocycles. The molecule has 11 heavy (non-hydrogen) atoms. The Balaban J connectivity index is 2.65. The molecule has 0 atom stereocenters. The molecule has 0 aliphatic heterocycles. The monoisotopic (exact) mass is 168 g/mol. The topological polar surface area (TPSA) is 13.1 Å². The molecule has 0 radical (unpaired) electrons. The SMILES string of the molecule is CCc1ccc(C=CCS)o1. The van der Waals surface area contributed by atoms with Crippen LogP contribution in [-0.4, -0.2) is 5.75 Å². The zero-order valence-electron chi connectivity index (χ0n) is 6.58. The average Bonchev–Trinajstić information content (AvgIpc) is 2.48. The van der Waals surface area contributed by atoms with Crippen LogP contribution in [0.15, 0.2) is 22.6 Å². The summed E-state index contributed by atoms with van der Waals surface area (Å²) in [5.41, 5.74) is 0. The summed E-state index contributed by atoms with van der Waals surface area (Å²) in [4.78, 5) is 0. The molecule has 0 N–H and O–H groups in total. The fourth-order valence-electron chi connectivity index (χ4n) is 0.843. The van der Waals surface area contributed by atoms with Gasteiger partial charge in [0.1, 0.15) is 11.5 Å². The number of hydrogen-bond acceptors (Lipinski definition) is 2. The van der Waals surface area contributed by atoms with Crippen LogP contribution < -0.4 is 0 Å². The van der Waals surface area contributed by atoms with Crippen molar-refractivity contribution in [2.24, 2.45) is 0 Å². The van der Waals surface area contributed by atoms with E-state index in [0.717, 1.165) is 23.7 Å². The van der Waals surface area contributed by atoms with Gasteiger partial charge in [0.15, 0.2) is 0 Å². The lowest BCUT2D eigenvalue weighted by molar-refractivity contribution is 0.507. The van der Waals surface area contributed by atoms with Crippen LogP contribution in [0.2, 0.25) is 0 Å². The second-order valence-electron chi connectivity index (χ2n) is 2.24. The van der Waals surface area contributed by atoms with Crippen LogP contribution in [0.5, 0.6) is 0 Å². The van der Waals surface area contributed by atoms with Gasteiger partial charge in [-0.2, -0.15) is 12.6 Å². The highest BCUT2D eigenvalue weighted by molar-refractivity contribution is 7.80. The normalized spacial score (nSPS) is 11.1. The molecule has 0 spiro atoms. The molecular weight excluding hydrogens is 156 g/mol. The van der Waals surface area contributed by atoms with E-state index in [2.05, 4.69) is 19.6 Å². The zero-order chi connectivity index (χ0) is 8.10. The van der Waals surface area contributed by atoms with Gasteiger partial charge >= 0.3 is 0 Å². The molecule has 0 amide bonds. The third-order valence-corrected chi connectivity index (χ3v) is 1.63. The molecule has 1 aromatic rings. The summed E-state index contributed by atoms with van der Waals surface area (Å²) in [7, 11) is 0. The Labute approximate surface area is 72.5 Å². The predicted molar refractivity (Wildman–Crippen MR) is 51.0 cm³/mol. The highest BCUT2D eigenvalue weighted by atomic mass is 32.1. The Morgan fingerprint density at radius 2 is 2.36 bits per heavy atom. The zero-order valence-corrected chi connectivity index (χ0v) is 7.47. The van der Waals surface area contributed by atoms with E-state index in [9.17, 15) is 0 Å². The van der Waals surface area contributed by atoms with Crippen LogP contribution in [0.3, 0.4) is 0 Å². The third kappa shape index (κ3) is 2.46. The summed E-state index contributed by atoms with van der Waals surface area (Å²) >= 11 is 4.05. The second kappa shape index (κ2) is 4.29. The Bertz CT molecular complexity index is 237. The van der Waals surface area contributed by atoms with Crippen molar-refractivity contribution in [1.82, 2.24) is 0 Å². The Morgan fingerprint density at radius 3 is 2.91 bits per heavy atom. The number of rotatable bonds is 3. The van der Waals surface area contributed by atoms with E-state index in [4.69, 9.17) is 4.42 Å².